The number of methoxy groups -OCH3 is 1. The summed E-state index contributed by atoms with van der Waals surface area (Å²) in [7, 11) is 1.29. The van der Waals surface area contributed by atoms with Gasteiger partial charge in [0.25, 0.3) is 0 Å². The van der Waals surface area contributed by atoms with Crippen molar-refractivity contribution in [2.24, 2.45) is 0 Å². The normalized spacial score (nSPS) is 10.1. The smallest absolute Gasteiger partial charge is 0.338 e. The van der Waals surface area contributed by atoms with E-state index in [0.29, 0.717) is 16.1 Å². The van der Waals surface area contributed by atoms with Crippen LogP contribution in [0.3, 0.4) is 0 Å². The van der Waals surface area contributed by atoms with Crippen LogP contribution in [-0.4, -0.2) is 25.7 Å². The quantitative estimate of drug-likeness (QED) is 0.800. The van der Waals surface area contributed by atoms with Gasteiger partial charge in [-0.05, 0) is 48.4 Å². The number of hydrogen-bond acceptors (Lipinski definition) is 4. The van der Waals surface area contributed by atoms with Crippen molar-refractivity contribution in [1.29, 1.82) is 0 Å². The minimum Gasteiger partial charge on any atom is -0.465 e. The van der Waals surface area contributed by atoms with Gasteiger partial charge in [-0.25, -0.2) is 9.59 Å². The first-order valence-corrected chi connectivity index (χ1v) is 7.09. The first-order valence-electron chi connectivity index (χ1n) is 6.71. The van der Waals surface area contributed by atoms with E-state index in [4.69, 9.17) is 21.1 Å². The van der Waals surface area contributed by atoms with E-state index in [1.54, 1.807) is 37.3 Å². The number of ether oxygens (including phenoxy) is 2. The summed E-state index contributed by atoms with van der Waals surface area (Å²) in [5.74, 6) is -1.01. The maximum absolute atomic E-state index is 12.0. The number of hydrogen-bond donors (Lipinski definition) is 0. The highest BCUT2D eigenvalue weighted by Gasteiger charge is 2.15. The van der Waals surface area contributed by atoms with Gasteiger partial charge in [0.05, 0.1) is 24.8 Å². The van der Waals surface area contributed by atoms with Gasteiger partial charge in [-0.15, -0.1) is 0 Å². The molecule has 0 bridgehead atoms. The topological polar surface area (TPSA) is 52.6 Å². The van der Waals surface area contributed by atoms with E-state index in [9.17, 15) is 9.59 Å². The summed E-state index contributed by atoms with van der Waals surface area (Å²) in [5.41, 5.74) is 2.06. The summed E-state index contributed by atoms with van der Waals surface area (Å²) < 4.78 is 9.72. The molecule has 0 aliphatic rings. The van der Waals surface area contributed by atoms with Gasteiger partial charge >= 0.3 is 11.9 Å². The number of carbonyl (C=O) groups excluding carboxylic acids is 2. The van der Waals surface area contributed by atoms with E-state index in [1.807, 2.05) is 6.07 Å². The fourth-order valence-electron chi connectivity index (χ4n) is 2.03. The van der Waals surface area contributed by atoms with Crippen molar-refractivity contribution in [3.8, 4) is 11.1 Å². The second-order valence-electron chi connectivity index (χ2n) is 4.52. The molecule has 2 rings (SSSR count). The molecule has 0 saturated heterocycles. The third kappa shape index (κ3) is 3.65. The molecule has 0 saturated carbocycles. The van der Waals surface area contributed by atoms with Crippen LogP contribution in [0.4, 0.5) is 0 Å². The van der Waals surface area contributed by atoms with Crippen LogP contribution >= 0.6 is 11.6 Å². The maximum Gasteiger partial charge on any atom is 0.338 e. The molecule has 0 radical (unpaired) electrons. The Hall–Kier alpha value is -2.33. The summed E-state index contributed by atoms with van der Waals surface area (Å²) in [4.78, 5) is 23.8. The van der Waals surface area contributed by atoms with E-state index in [1.165, 1.54) is 13.2 Å². The molecular formula is C17H15ClO4. The highest BCUT2D eigenvalue weighted by atomic mass is 35.5. The Morgan fingerprint density at radius 1 is 1.00 bits per heavy atom. The third-order valence-corrected chi connectivity index (χ3v) is 3.26. The fraction of sp³-hybridized carbons (Fsp3) is 0.176. The van der Waals surface area contributed by atoms with Crippen molar-refractivity contribution in [2.45, 2.75) is 6.92 Å². The molecule has 5 heteroatoms. The fourth-order valence-corrected chi connectivity index (χ4v) is 2.22. The summed E-state index contributed by atoms with van der Waals surface area (Å²) in [5, 5.41) is 0.568. The predicted octanol–water partition coefficient (Wildman–Crippen LogP) is 3.97. The van der Waals surface area contributed by atoms with E-state index in [-0.39, 0.29) is 12.2 Å². The third-order valence-electron chi connectivity index (χ3n) is 3.02. The molecular weight excluding hydrogens is 304 g/mol. The lowest BCUT2D eigenvalue weighted by atomic mass is 9.99. The van der Waals surface area contributed by atoms with Crippen LogP contribution in [-0.2, 0) is 9.47 Å². The number of benzene rings is 2. The molecule has 0 aliphatic heterocycles. The molecule has 0 atom stereocenters. The van der Waals surface area contributed by atoms with E-state index < -0.39 is 11.9 Å². The highest BCUT2D eigenvalue weighted by molar-refractivity contribution is 6.30. The Balaban J connectivity index is 2.55. The lowest BCUT2D eigenvalue weighted by Crippen LogP contribution is -2.08. The second-order valence-corrected chi connectivity index (χ2v) is 4.96. The van der Waals surface area contributed by atoms with Crippen LogP contribution in [0.1, 0.15) is 27.6 Å². The van der Waals surface area contributed by atoms with Crippen molar-refractivity contribution < 1.29 is 19.1 Å². The molecule has 22 heavy (non-hydrogen) atoms. The second kappa shape index (κ2) is 7.09. The molecule has 0 aromatic heterocycles. The van der Waals surface area contributed by atoms with Crippen LogP contribution in [0, 0.1) is 0 Å². The number of carbonyl (C=O) groups is 2. The lowest BCUT2D eigenvalue weighted by Gasteiger charge is -2.09. The predicted molar refractivity (Wildman–Crippen MR) is 84.2 cm³/mol. The molecule has 2 aromatic carbocycles. The van der Waals surface area contributed by atoms with Crippen molar-refractivity contribution >= 4 is 23.5 Å². The number of esters is 2. The Bertz CT molecular complexity index is 710. The van der Waals surface area contributed by atoms with E-state index >= 15 is 0 Å². The minimum atomic E-state index is -0.519. The van der Waals surface area contributed by atoms with Gasteiger partial charge in [-0.1, -0.05) is 23.7 Å². The molecule has 0 unspecified atom stereocenters. The van der Waals surface area contributed by atoms with Gasteiger partial charge in [0.15, 0.2) is 0 Å². The van der Waals surface area contributed by atoms with Crippen LogP contribution in [0.15, 0.2) is 42.5 Å². The minimum absolute atomic E-state index is 0.258. The zero-order valence-corrected chi connectivity index (χ0v) is 13.0. The van der Waals surface area contributed by atoms with Gasteiger partial charge < -0.3 is 9.47 Å². The van der Waals surface area contributed by atoms with Crippen LogP contribution in [0.2, 0.25) is 5.02 Å². The van der Waals surface area contributed by atoms with Gasteiger partial charge in [0, 0.05) is 5.02 Å². The summed E-state index contributed by atoms with van der Waals surface area (Å²) in [6.45, 7) is 1.98. The summed E-state index contributed by atoms with van der Waals surface area (Å²) in [6, 6.07) is 11.9. The van der Waals surface area contributed by atoms with E-state index in [2.05, 4.69) is 0 Å². The largest absolute Gasteiger partial charge is 0.465 e. The van der Waals surface area contributed by atoms with E-state index in [0.717, 1.165) is 5.56 Å². The SMILES string of the molecule is CCOC(=O)c1cc(C(=O)OC)cc(-c2cccc(Cl)c2)c1. The molecule has 0 amide bonds. The average molecular weight is 319 g/mol. The van der Waals surface area contributed by atoms with Crippen LogP contribution in [0.5, 0.6) is 0 Å². The van der Waals surface area contributed by atoms with Gasteiger partial charge in [0.2, 0.25) is 0 Å². The first-order chi connectivity index (χ1) is 10.5. The standard InChI is InChI=1S/C17H15ClO4/c1-3-22-17(20)14-8-12(7-13(9-14)16(19)21-2)11-5-4-6-15(18)10-11/h4-10H,3H2,1-2H3. The first kappa shape index (κ1) is 16.0. The molecule has 114 valence electrons. The molecule has 0 aliphatic carbocycles. The molecule has 2 aromatic rings. The Labute approximate surface area is 133 Å². The monoisotopic (exact) mass is 318 g/mol. The van der Waals surface area contributed by atoms with Gasteiger partial charge in [0.1, 0.15) is 0 Å². The Morgan fingerprint density at radius 3 is 2.27 bits per heavy atom. The van der Waals surface area contributed by atoms with Crippen LogP contribution < -0.4 is 0 Å². The zero-order valence-electron chi connectivity index (χ0n) is 12.3. The lowest BCUT2D eigenvalue weighted by molar-refractivity contribution is 0.0526. The molecule has 4 nitrogen and oxygen atoms in total. The van der Waals surface area contributed by atoms with Crippen molar-refractivity contribution in [3.63, 3.8) is 0 Å². The highest BCUT2D eigenvalue weighted by Crippen LogP contribution is 2.26. The Morgan fingerprint density at radius 2 is 1.68 bits per heavy atom. The Kier molecular flexibility index (Phi) is 5.17. The van der Waals surface area contributed by atoms with Crippen molar-refractivity contribution in [1.82, 2.24) is 0 Å². The van der Waals surface area contributed by atoms with Crippen molar-refractivity contribution in [3.05, 3.63) is 58.6 Å². The zero-order chi connectivity index (χ0) is 16.1. The average Bonchev–Trinajstić information content (AvgIpc) is 2.54. The molecule has 0 N–H and O–H groups in total. The van der Waals surface area contributed by atoms with Gasteiger partial charge in [-0.2, -0.15) is 0 Å². The number of rotatable bonds is 4. The van der Waals surface area contributed by atoms with Crippen LogP contribution in [0.25, 0.3) is 11.1 Å². The molecule has 0 spiro atoms. The van der Waals surface area contributed by atoms with Crippen molar-refractivity contribution in [2.75, 3.05) is 13.7 Å². The maximum atomic E-state index is 12.0. The molecule has 0 fully saturated rings. The number of halogens is 1. The summed E-state index contributed by atoms with van der Waals surface area (Å²) in [6.07, 6.45) is 0. The summed E-state index contributed by atoms with van der Waals surface area (Å²) >= 11 is 5.99. The molecule has 0 heterocycles. The van der Waals surface area contributed by atoms with Gasteiger partial charge in [-0.3, -0.25) is 0 Å².